The van der Waals surface area contributed by atoms with Gasteiger partial charge < -0.3 is 9.84 Å². The van der Waals surface area contributed by atoms with Crippen LogP contribution >= 0.6 is 0 Å². The van der Waals surface area contributed by atoms with Crippen molar-refractivity contribution in [3.05, 3.63) is 29.3 Å². The highest BCUT2D eigenvalue weighted by Crippen LogP contribution is 2.39. The molecule has 1 aromatic rings. The lowest BCUT2D eigenvalue weighted by molar-refractivity contribution is 0.0564. The monoisotopic (exact) mass is 362 g/mol. The van der Waals surface area contributed by atoms with E-state index in [0.717, 1.165) is 18.4 Å². The number of carboxylic acid groups (broad SMARTS) is 1. The number of carbonyl (C=O) groups is 1. The largest absolute Gasteiger partial charge is 0.487 e. The van der Waals surface area contributed by atoms with E-state index in [1.807, 2.05) is 26.0 Å². The molecule has 0 spiro atoms. The molecule has 26 heavy (non-hydrogen) atoms. The average molecular weight is 363 g/mol. The van der Waals surface area contributed by atoms with Gasteiger partial charge in [-0.15, -0.1) is 0 Å². The molecule has 0 aliphatic heterocycles. The molecule has 0 saturated carbocycles. The molecule has 0 bridgehead atoms. The van der Waals surface area contributed by atoms with Gasteiger partial charge in [-0.3, -0.25) is 0 Å². The van der Waals surface area contributed by atoms with Crippen LogP contribution in [0.2, 0.25) is 0 Å². The summed E-state index contributed by atoms with van der Waals surface area (Å²) in [6, 6.07) is 5.63. The molecule has 0 atom stereocenters. The molecule has 0 aromatic heterocycles. The third-order valence-corrected chi connectivity index (χ3v) is 4.31. The number of hydrogen-bond donors (Lipinski definition) is 1. The first-order chi connectivity index (χ1) is 11.4. The molecule has 0 fully saturated rings. The van der Waals surface area contributed by atoms with Gasteiger partial charge in [0.15, 0.2) is 0 Å². The summed E-state index contributed by atoms with van der Waals surface area (Å²) < 4.78 is 6.16. The zero-order valence-electron chi connectivity index (χ0n) is 18.4. The van der Waals surface area contributed by atoms with Crippen molar-refractivity contribution in [1.29, 1.82) is 0 Å². The molecule has 1 N–H and O–H groups in total. The fourth-order valence-corrected chi connectivity index (χ4v) is 4.25. The van der Waals surface area contributed by atoms with Crippen molar-refractivity contribution >= 4 is 5.97 Å². The predicted octanol–water partition coefficient (Wildman–Crippen LogP) is 6.69. The average Bonchev–Trinajstić information content (AvgIpc) is 2.31. The Balaban J connectivity index is 3.24. The van der Waals surface area contributed by atoms with E-state index >= 15 is 0 Å². The first-order valence-electron chi connectivity index (χ1n) is 9.49. The minimum Gasteiger partial charge on any atom is -0.487 e. The standard InChI is InChI=1S/C23H38O3/c1-20(2,3)14-22(7,8)16-11-12-18(17(13-16)19(24)25)26-23(9,10)15-21(4,5)6/h11-13H,14-15H2,1-10H3,(H,24,25). The highest BCUT2D eigenvalue weighted by Gasteiger charge is 2.31. The SMILES string of the molecule is CC(C)(C)CC(C)(C)Oc1ccc(C(C)(C)CC(C)(C)C)cc1C(=O)O. The van der Waals surface area contributed by atoms with Crippen molar-refractivity contribution < 1.29 is 14.6 Å². The lowest BCUT2D eigenvalue weighted by Gasteiger charge is -2.35. The predicted molar refractivity (Wildman–Crippen MR) is 109 cm³/mol. The van der Waals surface area contributed by atoms with Crippen molar-refractivity contribution in [2.45, 2.75) is 93.1 Å². The van der Waals surface area contributed by atoms with Gasteiger partial charge in [-0.1, -0.05) is 61.5 Å². The maximum Gasteiger partial charge on any atom is 0.339 e. The van der Waals surface area contributed by atoms with E-state index in [2.05, 4.69) is 55.4 Å². The van der Waals surface area contributed by atoms with E-state index in [4.69, 9.17) is 4.74 Å². The second-order valence-corrected chi connectivity index (χ2v) is 11.2. The van der Waals surface area contributed by atoms with Gasteiger partial charge in [0.05, 0.1) is 0 Å². The van der Waals surface area contributed by atoms with Gasteiger partial charge in [-0.25, -0.2) is 4.79 Å². The Bertz CT molecular complexity index is 640. The number of hydrogen-bond acceptors (Lipinski definition) is 2. The van der Waals surface area contributed by atoms with Crippen molar-refractivity contribution in [2.75, 3.05) is 0 Å². The molecule has 148 valence electrons. The molecule has 0 saturated heterocycles. The third-order valence-electron chi connectivity index (χ3n) is 4.31. The normalized spacial score (nSPS) is 13.6. The summed E-state index contributed by atoms with van der Waals surface area (Å²) in [5, 5.41) is 9.74. The van der Waals surface area contributed by atoms with Crippen LogP contribution in [-0.4, -0.2) is 16.7 Å². The van der Waals surface area contributed by atoms with Crippen molar-refractivity contribution in [3.63, 3.8) is 0 Å². The molecule has 0 radical (unpaired) electrons. The van der Waals surface area contributed by atoms with Crippen LogP contribution in [0, 0.1) is 10.8 Å². The van der Waals surface area contributed by atoms with Crippen LogP contribution in [0.3, 0.4) is 0 Å². The van der Waals surface area contributed by atoms with Crippen LogP contribution in [-0.2, 0) is 5.41 Å². The summed E-state index contributed by atoms with van der Waals surface area (Å²) in [5.41, 5.74) is 0.989. The smallest absolute Gasteiger partial charge is 0.339 e. The van der Waals surface area contributed by atoms with Gasteiger partial charge in [0, 0.05) is 0 Å². The Kier molecular flexibility index (Phi) is 6.28. The van der Waals surface area contributed by atoms with E-state index < -0.39 is 11.6 Å². The van der Waals surface area contributed by atoms with Crippen LogP contribution in [0.5, 0.6) is 5.75 Å². The van der Waals surface area contributed by atoms with Crippen molar-refractivity contribution in [3.8, 4) is 5.75 Å². The molecule has 0 aliphatic rings. The van der Waals surface area contributed by atoms with Crippen LogP contribution < -0.4 is 4.74 Å². The van der Waals surface area contributed by atoms with Gasteiger partial charge in [0.1, 0.15) is 16.9 Å². The Morgan fingerprint density at radius 1 is 0.885 bits per heavy atom. The van der Waals surface area contributed by atoms with Crippen LogP contribution in [0.4, 0.5) is 0 Å². The summed E-state index contributed by atoms with van der Waals surface area (Å²) in [5.74, 6) is -0.498. The van der Waals surface area contributed by atoms with Gasteiger partial charge in [0.2, 0.25) is 0 Å². The highest BCUT2D eigenvalue weighted by atomic mass is 16.5. The molecule has 1 aromatic carbocycles. The second-order valence-electron chi connectivity index (χ2n) is 11.2. The van der Waals surface area contributed by atoms with E-state index in [-0.39, 0.29) is 21.8 Å². The molecule has 3 heteroatoms. The van der Waals surface area contributed by atoms with Crippen LogP contribution in [0.15, 0.2) is 18.2 Å². The minimum absolute atomic E-state index is 0.0987. The van der Waals surface area contributed by atoms with Crippen molar-refractivity contribution in [1.82, 2.24) is 0 Å². The van der Waals surface area contributed by atoms with Crippen LogP contribution in [0.1, 0.15) is 98.0 Å². The van der Waals surface area contributed by atoms with Crippen molar-refractivity contribution in [2.24, 2.45) is 10.8 Å². The lowest BCUT2D eigenvalue weighted by atomic mass is 9.72. The Hall–Kier alpha value is -1.51. The molecule has 0 unspecified atom stereocenters. The maximum absolute atomic E-state index is 11.9. The summed E-state index contributed by atoms with van der Waals surface area (Å²) in [6.07, 6.45) is 1.80. The zero-order valence-corrected chi connectivity index (χ0v) is 18.4. The summed E-state index contributed by atoms with van der Waals surface area (Å²) in [6.45, 7) is 21.5. The topological polar surface area (TPSA) is 46.5 Å². The number of ether oxygens (including phenoxy) is 1. The van der Waals surface area contributed by atoms with Gasteiger partial charge in [-0.2, -0.15) is 0 Å². The number of carboxylic acids is 1. The Labute approximate surface area is 160 Å². The number of benzene rings is 1. The first-order valence-corrected chi connectivity index (χ1v) is 9.49. The first kappa shape index (κ1) is 22.5. The van der Waals surface area contributed by atoms with E-state index in [9.17, 15) is 9.90 Å². The van der Waals surface area contributed by atoms with E-state index in [1.165, 1.54) is 0 Å². The molecular formula is C23H38O3. The zero-order chi connectivity index (χ0) is 20.6. The van der Waals surface area contributed by atoms with Crippen LogP contribution in [0.25, 0.3) is 0 Å². The molecule has 3 nitrogen and oxygen atoms in total. The number of aromatic carboxylic acids is 1. The summed E-state index contributed by atoms with van der Waals surface area (Å²) >= 11 is 0. The van der Waals surface area contributed by atoms with Gasteiger partial charge in [-0.05, 0) is 60.6 Å². The fraction of sp³-hybridized carbons (Fsp3) is 0.696. The Morgan fingerprint density at radius 2 is 1.38 bits per heavy atom. The second kappa shape index (κ2) is 7.25. The molecule has 0 amide bonds. The summed E-state index contributed by atoms with van der Waals surface area (Å²) in [4.78, 5) is 11.9. The summed E-state index contributed by atoms with van der Waals surface area (Å²) in [7, 11) is 0. The molecule has 0 aliphatic carbocycles. The van der Waals surface area contributed by atoms with E-state index in [1.54, 1.807) is 6.07 Å². The lowest BCUT2D eigenvalue weighted by Crippen LogP contribution is -2.34. The highest BCUT2D eigenvalue weighted by molar-refractivity contribution is 5.91. The molecule has 1 rings (SSSR count). The van der Waals surface area contributed by atoms with Gasteiger partial charge >= 0.3 is 5.97 Å². The molecule has 0 heterocycles. The number of rotatable bonds is 6. The van der Waals surface area contributed by atoms with E-state index in [0.29, 0.717) is 5.75 Å². The molecular weight excluding hydrogens is 324 g/mol. The minimum atomic E-state index is -0.944. The Morgan fingerprint density at radius 3 is 1.81 bits per heavy atom. The third kappa shape index (κ3) is 7.01. The maximum atomic E-state index is 11.9. The quantitative estimate of drug-likeness (QED) is 0.613. The fourth-order valence-electron chi connectivity index (χ4n) is 4.25. The van der Waals surface area contributed by atoms with Gasteiger partial charge in [0.25, 0.3) is 0 Å².